The van der Waals surface area contributed by atoms with Gasteiger partial charge in [-0.15, -0.1) is 0 Å². The molecule has 14 heavy (non-hydrogen) atoms. The Kier molecular flexibility index (Phi) is 4.14. The number of ether oxygens (including phenoxy) is 2. The van der Waals surface area contributed by atoms with Crippen LogP contribution in [0.1, 0.15) is 26.7 Å². The molecule has 0 N–H and O–H groups in total. The lowest BCUT2D eigenvalue weighted by molar-refractivity contribution is 0.0136. The first-order valence-electron chi connectivity index (χ1n) is 5.30. The molecule has 1 atom stereocenters. The van der Waals surface area contributed by atoms with Gasteiger partial charge in [-0.3, -0.25) is 0 Å². The second kappa shape index (κ2) is 4.94. The molecule has 1 unspecified atom stereocenters. The first kappa shape index (κ1) is 11.7. The van der Waals surface area contributed by atoms with Crippen LogP contribution in [-0.4, -0.2) is 27.4 Å². The SMILES string of the molecule is CC=C1CC(COC)(COC)CC1C. The maximum absolute atomic E-state index is 5.32. The third kappa shape index (κ3) is 2.37. The number of allylic oxidation sites excluding steroid dienone is 2. The van der Waals surface area contributed by atoms with Gasteiger partial charge in [-0.2, -0.15) is 0 Å². The van der Waals surface area contributed by atoms with Crippen molar-refractivity contribution in [1.29, 1.82) is 0 Å². The van der Waals surface area contributed by atoms with E-state index in [0.29, 0.717) is 5.92 Å². The van der Waals surface area contributed by atoms with Crippen molar-refractivity contribution in [3.05, 3.63) is 11.6 Å². The van der Waals surface area contributed by atoms with Crippen LogP contribution < -0.4 is 0 Å². The molecule has 1 aliphatic carbocycles. The Morgan fingerprint density at radius 3 is 2.29 bits per heavy atom. The summed E-state index contributed by atoms with van der Waals surface area (Å²) in [5.41, 5.74) is 1.78. The Morgan fingerprint density at radius 2 is 1.93 bits per heavy atom. The fourth-order valence-corrected chi connectivity index (χ4v) is 2.72. The lowest BCUT2D eigenvalue weighted by Crippen LogP contribution is -2.28. The van der Waals surface area contributed by atoms with Gasteiger partial charge < -0.3 is 9.47 Å². The third-order valence-corrected chi connectivity index (χ3v) is 3.22. The summed E-state index contributed by atoms with van der Waals surface area (Å²) >= 11 is 0. The van der Waals surface area contributed by atoms with Crippen molar-refractivity contribution < 1.29 is 9.47 Å². The van der Waals surface area contributed by atoms with Crippen molar-refractivity contribution in [1.82, 2.24) is 0 Å². The molecule has 0 amide bonds. The van der Waals surface area contributed by atoms with Gasteiger partial charge in [0.2, 0.25) is 0 Å². The van der Waals surface area contributed by atoms with Gasteiger partial charge in [0, 0.05) is 19.6 Å². The molecule has 0 aromatic rings. The monoisotopic (exact) mass is 198 g/mol. The van der Waals surface area contributed by atoms with E-state index in [9.17, 15) is 0 Å². The van der Waals surface area contributed by atoms with Crippen molar-refractivity contribution in [2.24, 2.45) is 11.3 Å². The van der Waals surface area contributed by atoms with Crippen LogP contribution in [0, 0.1) is 11.3 Å². The highest BCUT2D eigenvalue weighted by Crippen LogP contribution is 2.45. The number of hydrogen-bond acceptors (Lipinski definition) is 2. The van der Waals surface area contributed by atoms with Crippen molar-refractivity contribution >= 4 is 0 Å². The lowest BCUT2D eigenvalue weighted by Gasteiger charge is -2.27. The molecule has 0 bridgehead atoms. The Labute approximate surface area is 87.3 Å². The van der Waals surface area contributed by atoms with E-state index in [-0.39, 0.29) is 5.41 Å². The highest BCUT2D eigenvalue weighted by Gasteiger charge is 2.40. The molecule has 2 nitrogen and oxygen atoms in total. The molecule has 1 fully saturated rings. The summed E-state index contributed by atoms with van der Waals surface area (Å²) in [6.07, 6.45) is 4.57. The van der Waals surface area contributed by atoms with E-state index in [0.717, 1.165) is 19.6 Å². The van der Waals surface area contributed by atoms with Crippen LogP contribution in [0.5, 0.6) is 0 Å². The molecular weight excluding hydrogens is 176 g/mol. The van der Waals surface area contributed by atoms with E-state index in [2.05, 4.69) is 19.9 Å². The lowest BCUT2D eigenvalue weighted by atomic mass is 9.87. The molecule has 0 saturated heterocycles. The highest BCUT2D eigenvalue weighted by molar-refractivity contribution is 5.15. The van der Waals surface area contributed by atoms with Crippen LogP contribution >= 0.6 is 0 Å². The van der Waals surface area contributed by atoms with Crippen molar-refractivity contribution in [3.8, 4) is 0 Å². The second-order valence-electron chi connectivity index (χ2n) is 4.51. The summed E-state index contributed by atoms with van der Waals surface area (Å²) in [7, 11) is 3.55. The van der Waals surface area contributed by atoms with E-state index in [1.807, 2.05) is 0 Å². The zero-order valence-electron chi connectivity index (χ0n) is 9.80. The van der Waals surface area contributed by atoms with E-state index < -0.39 is 0 Å². The van der Waals surface area contributed by atoms with Crippen LogP contribution in [0.3, 0.4) is 0 Å². The molecular formula is C12H22O2. The standard InChI is InChI=1S/C12H22O2/c1-5-11-7-12(8-13-3,9-14-4)6-10(11)2/h5,10H,6-9H2,1-4H3. The number of methoxy groups -OCH3 is 2. The predicted octanol–water partition coefficient (Wildman–Crippen LogP) is 2.64. The van der Waals surface area contributed by atoms with Crippen LogP contribution in [0.4, 0.5) is 0 Å². The zero-order valence-corrected chi connectivity index (χ0v) is 9.80. The first-order valence-corrected chi connectivity index (χ1v) is 5.30. The first-order chi connectivity index (χ1) is 6.67. The smallest absolute Gasteiger partial charge is 0.0544 e. The maximum Gasteiger partial charge on any atom is 0.0544 e. The van der Waals surface area contributed by atoms with Crippen LogP contribution in [-0.2, 0) is 9.47 Å². The van der Waals surface area contributed by atoms with E-state index in [4.69, 9.17) is 9.47 Å². The minimum absolute atomic E-state index is 0.227. The van der Waals surface area contributed by atoms with Gasteiger partial charge in [-0.25, -0.2) is 0 Å². The average Bonchev–Trinajstić information content (AvgIpc) is 2.44. The third-order valence-electron chi connectivity index (χ3n) is 3.22. The molecule has 0 radical (unpaired) electrons. The summed E-state index contributed by atoms with van der Waals surface area (Å²) in [5, 5.41) is 0. The number of hydrogen-bond donors (Lipinski definition) is 0. The molecule has 1 rings (SSSR count). The molecule has 0 aromatic carbocycles. The largest absolute Gasteiger partial charge is 0.384 e. The van der Waals surface area contributed by atoms with Gasteiger partial charge in [0.25, 0.3) is 0 Å². The van der Waals surface area contributed by atoms with Gasteiger partial charge in [-0.1, -0.05) is 18.6 Å². The molecule has 0 aromatic heterocycles. The van der Waals surface area contributed by atoms with E-state index in [1.54, 1.807) is 19.8 Å². The summed E-state index contributed by atoms with van der Waals surface area (Å²) in [6.45, 7) is 6.04. The quantitative estimate of drug-likeness (QED) is 0.646. The highest BCUT2D eigenvalue weighted by atomic mass is 16.5. The van der Waals surface area contributed by atoms with E-state index >= 15 is 0 Å². The van der Waals surface area contributed by atoms with Gasteiger partial charge >= 0.3 is 0 Å². The second-order valence-corrected chi connectivity index (χ2v) is 4.51. The maximum atomic E-state index is 5.32. The topological polar surface area (TPSA) is 18.5 Å². The molecule has 1 saturated carbocycles. The minimum atomic E-state index is 0.227. The number of rotatable bonds is 4. The fraction of sp³-hybridized carbons (Fsp3) is 0.833. The summed E-state index contributed by atoms with van der Waals surface area (Å²) in [4.78, 5) is 0. The fourth-order valence-electron chi connectivity index (χ4n) is 2.72. The molecule has 0 aliphatic heterocycles. The molecule has 0 heterocycles. The van der Waals surface area contributed by atoms with Crippen LogP contribution in [0.15, 0.2) is 11.6 Å². The van der Waals surface area contributed by atoms with Gasteiger partial charge in [0.1, 0.15) is 0 Å². The van der Waals surface area contributed by atoms with Crippen molar-refractivity contribution in [3.63, 3.8) is 0 Å². The van der Waals surface area contributed by atoms with Crippen molar-refractivity contribution in [2.75, 3.05) is 27.4 Å². The predicted molar refractivity (Wildman–Crippen MR) is 58.3 cm³/mol. The minimum Gasteiger partial charge on any atom is -0.384 e. The van der Waals surface area contributed by atoms with Crippen LogP contribution in [0.2, 0.25) is 0 Å². The van der Waals surface area contributed by atoms with Gasteiger partial charge in [0.05, 0.1) is 13.2 Å². The molecule has 0 spiro atoms. The van der Waals surface area contributed by atoms with Crippen LogP contribution in [0.25, 0.3) is 0 Å². The van der Waals surface area contributed by atoms with Crippen molar-refractivity contribution in [2.45, 2.75) is 26.7 Å². The normalized spacial score (nSPS) is 28.6. The summed E-state index contributed by atoms with van der Waals surface area (Å²) < 4.78 is 10.6. The van der Waals surface area contributed by atoms with Gasteiger partial charge in [0.15, 0.2) is 0 Å². The van der Waals surface area contributed by atoms with Gasteiger partial charge in [-0.05, 0) is 25.7 Å². The Morgan fingerprint density at radius 1 is 1.36 bits per heavy atom. The zero-order chi connectivity index (χ0) is 10.6. The molecule has 82 valence electrons. The Hall–Kier alpha value is -0.340. The summed E-state index contributed by atoms with van der Waals surface area (Å²) in [6, 6.07) is 0. The summed E-state index contributed by atoms with van der Waals surface area (Å²) in [5.74, 6) is 0.685. The average molecular weight is 198 g/mol. The molecule has 1 aliphatic rings. The Bertz CT molecular complexity index is 202. The molecule has 2 heteroatoms. The Balaban J connectivity index is 2.71. The van der Waals surface area contributed by atoms with E-state index in [1.165, 1.54) is 6.42 Å².